The number of nitrogens with zero attached hydrogens (tertiary/aromatic N) is 1. The first-order valence-corrected chi connectivity index (χ1v) is 9.32. The third kappa shape index (κ3) is 10.9. The van der Waals surface area contributed by atoms with Gasteiger partial charge in [-0.25, -0.2) is 0 Å². The van der Waals surface area contributed by atoms with Crippen molar-refractivity contribution < 1.29 is 9.53 Å². The van der Waals surface area contributed by atoms with E-state index in [0.717, 1.165) is 51.3 Å². The lowest BCUT2D eigenvalue weighted by atomic mass is 9.86. The Hall–Kier alpha value is -0.570. The van der Waals surface area contributed by atoms with Gasteiger partial charge in [0, 0.05) is 24.7 Å². The number of nitrogens with one attached hydrogen (secondary N) is 3. The molecule has 3 N–H and O–H groups in total. The monoisotopic (exact) mass is 468 g/mol. The van der Waals surface area contributed by atoms with E-state index < -0.39 is 0 Å². The van der Waals surface area contributed by atoms with Gasteiger partial charge in [-0.15, -0.1) is 24.0 Å². The second-order valence-corrected chi connectivity index (χ2v) is 7.38. The second kappa shape index (κ2) is 12.7. The zero-order valence-corrected chi connectivity index (χ0v) is 18.8. The van der Waals surface area contributed by atoms with Gasteiger partial charge < -0.3 is 20.7 Å². The van der Waals surface area contributed by atoms with Crippen LogP contribution in [0.5, 0.6) is 0 Å². The largest absolute Gasteiger partial charge is 0.466 e. The van der Waals surface area contributed by atoms with Crippen LogP contribution in [0.2, 0.25) is 0 Å². The Balaban J connectivity index is 0.00000576. The van der Waals surface area contributed by atoms with E-state index in [1.807, 2.05) is 6.92 Å². The molecule has 0 spiro atoms. The molecule has 0 heterocycles. The highest BCUT2D eigenvalue weighted by Crippen LogP contribution is 2.25. The normalized spacial score (nSPS) is 21.2. The van der Waals surface area contributed by atoms with Crippen molar-refractivity contribution in [2.45, 2.75) is 71.9 Å². The fourth-order valence-corrected chi connectivity index (χ4v) is 2.85. The number of halogens is 1. The van der Waals surface area contributed by atoms with E-state index in [2.05, 4.69) is 48.6 Å². The van der Waals surface area contributed by atoms with E-state index in [1.54, 1.807) is 0 Å². The number of carbonyl (C=O) groups is 1. The number of carbonyl (C=O) groups excluding carboxylic acids is 1. The fraction of sp³-hybridized carbons (Fsp3) is 0.889. The minimum atomic E-state index is -0.0372. The lowest BCUT2D eigenvalue weighted by Crippen LogP contribution is -2.46. The van der Waals surface area contributed by atoms with Gasteiger partial charge in [-0.2, -0.15) is 0 Å². The highest BCUT2D eigenvalue weighted by atomic mass is 127. The van der Waals surface area contributed by atoms with Crippen molar-refractivity contribution in [2.24, 2.45) is 10.9 Å². The zero-order chi connectivity index (χ0) is 18.0. The fourth-order valence-electron chi connectivity index (χ4n) is 2.85. The van der Waals surface area contributed by atoms with Crippen molar-refractivity contribution in [1.29, 1.82) is 0 Å². The molecule has 1 saturated carbocycles. The summed E-state index contributed by atoms with van der Waals surface area (Å²) in [6.07, 6.45) is 3.74. The first kappa shape index (κ1) is 24.4. The summed E-state index contributed by atoms with van der Waals surface area (Å²) in [5.41, 5.74) is 0.118. The molecule has 0 bridgehead atoms. The molecule has 0 aromatic carbocycles. The molecule has 0 amide bonds. The van der Waals surface area contributed by atoms with Crippen LogP contribution in [0.3, 0.4) is 0 Å². The van der Waals surface area contributed by atoms with E-state index >= 15 is 0 Å². The zero-order valence-electron chi connectivity index (χ0n) is 16.5. The van der Waals surface area contributed by atoms with E-state index in [4.69, 9.17) is 4.74 Å². The smallest absolute Gasteiger partial charge is 0.308 e. The maximum atomic E-state index is 11.8. The first-order valence-electron chi connectivity index (χ1n) is 9.32. The van der Waals surface area contributed by atoms with Crippen molar-refractivity contribution in [2.75, 3.05) is 26.2 Å². The summed E-state index contributed by atoms with van der Waals surface area (Å²) in [5, 5.41) is 10.2. The van der Waals surface area contributed by atoms with Crippen LogP contribution in [0.4, 0.5) is 0 Å². The molecule has 1 rings (SSSR count). The highest BCUT2D eigenvalue weighted by molar-refractivity contribution is 14.0. The summed E-state index contributed by atoms with van der Waals surface area (Å²) in [6.45, 7) is 13.3. The van der Waals surface area contributed by atoms with Crippen molar-refractivity contribution in [3.63, 3.8) is 0 Å². The lowest BCUT2D eigenvalue weighted by molar-refractivity contribution is -0.149. The highest BCUT2D eigenvalue weighted by Gasteiger charge is 2.27. The van der Waals surface area contributed by atoms with Crippen LogP contribution in [-0.4, -0.2) is 49.8 Å². The van der Waals surface area contributed by atoms with Crippen LogP contribution in [0.25, 0.3) is 0 Å². The third-order valence-electron chi connectivity index (χ3n) is 4.07. The number of guanidine groups is 1. The maximum Gasteiger partial charge on any atom is 0.308 e. The van der Waals surface area contributed by atoms with Gasteiger partial charge in [0.05, 0.1) is 19.1 Å². The van der Waals surface area contributed by atoms with Crippen molar-refractivity contribution >= 4 is 35.9 Å². The van der Waals surface area contributed by atoms with Gasteiger partial charge in [-0.05, 0) is 60.3 Å². The predicted octanol–water partition coefficient (Wildman–Crippen LogP) is 2.67. The minimum Gasteiger partial charge on any atom is -0.466 e. The van der Waals surface area contributed by atoms with E-state index in [0.29, 0.717) is 12.6 Å². The summed E-state index contributed by atoms with van der Waals surface area (Å²) >= 11 is 0. The van der Waals surface area contributed by atoms with Gasteiger partial charge >= 0.3 is 5.97 Å². The van der Waals surface area contributed by atoms with Gasteiger partial charge in [0.1, 0.15) is 0 Å². The number of ether oxygens (including phenoxy) is 1. The molecule has 1 aliphatic carbocycles. The molecule has 1 aliphatic rings. The molecule has 0 aromatic heterocycles. The van der Waals surface area contributed by atoms with Crippen molar-refractivity contribution in [3.8, 4) is 0 Å². The number of esters is 1. The molecular formula is C18H37IN4O2. The molecule has 0 aliphatic heterocycles. The number of hydrogen-bond donors (Lipinski definition) is 3. The first-order chi connectivity index (χ1) is 11.4. The van der Waals surface area contributed by atoms with Gasteiger partial charge in [0.25, 0.3) is 0 Å². The maximum absolute atomic E-state index is 11.8. The molecule has 6 nitrogen and oxygen atoms in total. The predicted molar refractivity (Wildman–Crippen MR) is 115 cm³/mol. The Morgan fingerprint density at radius 1 is 1.16 bits per heavy atom. The number of rotatable bonds is 7. The molecule has 25 heavy (non-hydrogen) atoms. The van der Waals surface area contributed by atoms with Crippen LogP contribution >= 0.6 is 24.0 Å². The third-order valence-corrected chi connectivity index (χ3v) is 4.07. The van der Waals surface area contributed by atoms with Crippen LogP contribution in [0, 0.1) is 5.92 Å². The van der Waals surface area contributed by atoms with Gasteiger partial charge in [-0.3, -0.25) is 9.79 Å². The van der Waals surface area contributed by atoms with Gasteiger partial charge in [-0.1, -0.05) is 0 Å². The standard InChI is InChI=1S/C18H36N4O2.HI/c1-6-19-17(20-12-13-21-18(3,4)5)22-15-10-8-14(9-11-15)16(23)24-7-2;/h14-15,21H,6-13H2,1-5H3,(H2,19,20,22);1H. The van der Waals surface area contributed by atoms with Crippen LogP contribution in [-0.2, 0) is 9.53 Å². The molecule has 1 fully saturated rings. The van der Waals surface area contributed by atoms with Crippen LogP contribution in [0.15, 0.2) is 4.99 Å². The molecule has 0 radical (unpaired) electrons. The summed E-state index contributed by atoms with van der Waals surface area (Å²) in [5.74, 6) is 0.899. The van der Waals surface area contributed by atoms with Crippen molar-refractivity contribution in [1.82, 2.24) is 16.0 Å². The quantitative estimate of drug-likeness (QED) is 0.176. The Morgan fingerprint density at radius 3 is 2.32 bits per heavy atom. The molecule has 0 aromatic rings. The Labute approximate surface area is 170 Å². The van der Waals surface area contributed by atoms with E-state index in [-0.39, 0.29) is 41.4 Å². The van der Waals surface area contributed by atoms with Crippen LogP contribution in [0.1, 0.15) is 60.3 Å². The molecule has 0 saturated heterocycles. The average molecular weight is 468 g/mol. The Bertz CT molecular complexity index is 402. The van der Waals surface area contributed by atoms with Gasteiger partial charge in [0.2, 0.25) is 0 Å². The SMILES string of the molecule is CCNC(=NCCNC(C)(C)C)NC1CCC(C(=O)OCC)CC1.I. The summed E-state index contributed by atoms with van der Waals surface area (Å²) in [7, 11) is 0. The Kier molecular flexibility index (Phi) is 12.4. The van der Waals surface area contributed by atoms with Crippen molar-refractivity contribution in [3.05, 3.63) is 0 Å². The molecule has 148 valence electrons. The summed E-state index contributed by atoms with van der Waals surface area (Å²) < 4.78 is 5.13. The second-order valence-electron chi connectivity index (χ2n) is 7.38. The van der Waals surface area contributed by atoms with Gasteiger partial charge in [0.15, 0.2) is 5.96 Å². The molecule has 7 heteroatoms. The number of hydrogen-bond acceptors (Lipinski definition) is 4. The average Bonchev–Trinajstić information content (AvgIpc) is 2.51. The molecule has 0 atom stereocenters. The Morgan fingerprint density at radius 2 is 1.80 bits per heavy atom. The minimum absolute atomic E-state index is 0. The molecule has 0 unspecified atom stereocenters. The van der Waals surface area contributed by atoms with E-state index in [1.165, 1.54) is 0 Å². The summed E-state index contributed by atoms with van der Waals surface area (Å²) in [4.78, 5) is 16.4. The summed E-state index contributed by atoms with van der Waals surface area (Å²) in [6, 6.07) is 0.379. The lowest BCUT2D eigenvalue weighted by Gasteiger charge is -2.29. The topological polar surface area (TPSA) is 74.8 Å². The number of aliphatic imine (C=N–C) groups is 1. The van der Waals surface area contributed by atoms with E-state index in [9.17, 15) is 4.79 Å². The van der Waals surface area contributed by atoms with Crippen LogP contribution < -0.4 is 16.0 Å². The molecular weight excluding hydrogens is 431 g/mol.